The molecule has 1 heterocycles. The molecule has 2 atom stereocenters. The minimum absolute atomic E-state index is 0.0300. The summed E-state index contributed by atoms with van der Waals surface area (Å²) in [5.74, 6) is 0. The van der Waals surface area contributed by atoms with Gasteiger partial charge in [0.1, 0.15) is 0 Å². The summed E-state index contributed by atoms with van der Waals surface area (Å²) in [6, 6.07) is 0.503. The monoisotopic (exact) mass is 195 g/mol. The summed E-state index contributed by atoms with van der Waals surface area (Å²) in [6.07, 6.45) is 9.10. The summed E-state index contributed by atoms with van der Waals surface area (Å²) in [7, 11) is 0. The van der Waals surface area contributed by atoms with Gasteiger partial charge < -0.3 is 5.11 Å². The van der Waals surface area contributed by atoms with Crippen LogP contribution in [0.15, 0.2) is 0 Å². The number of likely N-dealkylation sites (tertiary alicyclic amines) is 1. The fourth-order valence-electron chi connectivity index (χ4n) is 3.36. The largest absolute Gasteiger partial charge is 0.391 e. The highest BCUT2D eigenvalue weighted by atomic mass is 16.3. The van der Waals surface area contributed by atoms with Gasteiger partial charge in [-0.2, -0.15) is 0 Å². The molecule has 14 heavy (non-hydrogen) atoms. The third-order valence-corrected chi connectivity index (χ3v) is 4.59. The fourth-order valence-corrected chi connectivity index (χ4v) is 3.36. The third-order valence-electron chi connectivity index (χ3n) is 4.59. The smallest absolute Gasteiger partial charge is 0.0695 e. The molecule has 1 spiro atoms. The van der Waals surface area contributed by atoms with Crippen molar-refractivity contribution in [3.8, 4) is 0 Å². The van der Waals surface area contributed by atoms with Crippen LogP contribution in [0.5, 0.6) is 0 Å². The Kier molecular flexibility index (Phi) is 2.10. The number of hydrogen-bond donors (Lipinski definition) is 1. The molecule has 1 saturated heterocycles. The van der Waals surface area contributed by atoms with E-state index in [0.717, 1.165) is 11.8 Å². The molecule has 3 rings (SSSR count). The van der Waals surface area contributed by atoms with E-state index in [0.29, 0.717) is 6.04 Å². The highest BCUT2D eigenvalue weighted by Crippen LogP contribution is 2.53. The molecule has 0 radical (unpaired) electrons. The van der Waals surface area contributed by atoms with Gasteiger partial charge in [-0.25, -0.2) is 0 Å². The van der Waals surface area contributed by atoms with E-state index in [1.54, 1.807) is 0 Å². The fraction of sp³-hybridized carbons (Fsp3) is 1.00. The van der Waals surface area contributed by atoms with Crippen LogP contribution in [0.3, 0.4) is 0 Å². The first-order chi connectivity index (χ1) is 6.79. The number of aliphatic hydroxyl groups is 1. The molecule has 0 unspecified atom stereocenters. The zero-order valence-electron chi connectivity index (χ0n) is 8.91. The van der Waals surface area contributed by atoms with Gasteiger partial charge in [0.25, 0.3) is 0 Å². The topological polar surface area (TPSA) is 23.5 Å². The predicted octanol–water partition coefficient (Wildman–Crippen LogP) is 1.78. The number of aliphatic hydroxyl groups excluding tert-OH is 1. The van der Waals surface area contributed by atoms with E-state index in [9.17, 15) is 5.11 Å². The summed E-state index contributed by atoms with van der Waals surface area (Å²) in [6.45, 7) is 2.54. The Bertz CT molecular complexity index is 224. The van der Waals surface area contributed by atoms with Crippen LogP contribution in [0.1, 0.15) is 44.9 Å². The average Bonchev–Trinajstić information content (AvgIpc) is 2.79. The van der Waals surface area contributed by atoms with Crippen molar-refractivity contribution in [1.29, 1.82) is 0 Å². The molecule has 2 saturated carbocycles. The Morgan fingerprint density at radius 1 is 1.07 bits per heavy atom. The molecule has 2 heteroatoms. The van der Waals surface area contributed by atoms with Crippen molar-refractivity contribution in [1.82, 2.24) is 4.90 Å². The standard InChI is InChI=1S/C12H21NO/c14-11-4-2-1-3-10(11)13-8-7-12(9-13)5-6-12/h10-11,14H,1-9H2/t10-,11-/m1/s1. The lowest BCUT2D eigenvalue weighted by Crippen LogP contribution is -2.44. The molecule has 0 aromatic heterocycles. The van der Waals surface area contributed by atoms with Crippen molar-refractivity contribution < 1.29 is 5.11 Å². The second-order valence-corrected chi connectivity index (χ2v) is 5.64. The number of nitrogens with zero attached hydrogens (tertiary/aromatic N) is 1. The first-order valence-corrected chi connectivity index (χ1v) is 6.21. The molecule has 2 aliphatic carbocycles. The van der Waals surface area contributed by atoms with E-state index < -0.39 is 0 Å². The second kappa shape index (κ2) is 3.21. The van der Waals surface area contributed by atoms with Crippen molar-refractivity contribution in [3.05, 3.63) is 0 Å². The van der Waals surface area contributed by atoms with Crippen molar-refractivity contribution in [2.45, 2.75) is 57.1 Å². The van der Waals surface area contributed by atoms with Crippen molar-refractivity contribution in [3.63, 3.8) is 0 Å². The average molecular weight is 195 g/mol. The quantitative estimate of drug-likeness (QED) is 0.689. The number of hydrogen-bond acceptors (Lipinski definition) is 2. The highest BCUT2D eigenvalue weighted by molar-refractivity contribution is 5.02. The Hall–Kier alpha value is -0.0800. The third kappa shape index (κ3) is 1.49. The summed E-state index contributed by atoms with van der Waals surface area (Å²) in [5.41, 5.74) is 0.719. The van der Waals surface area contributed by atoms with Crippen LogP contribution in [0.2, 0.25) is 0 Å². The normalized spacial score (nSPS) is 41.8. The van der Waals surface area contributed by atoms with Crippen LogP contribution in [0, 0.1) is 5.41 Å². The van der Waals surface area contributed by atoms with Gasteiger partial charge >= 0.3 is 0 Å². The lowest BCUT2D eigenvalue weighted by atomic mass is 9.91. The van der Waals surface area contributed by atoms with Gasteiger partial charge in [0.2, 0.25) is 0 Å². The Morgan fingerprint density at radius 2 is 1.86 bits per heavy atom. The van der Waals surface area contributed by atoms with Crippen molar-refractivity contribution >= 4 is 0 Å². The van der Waals surface area contributed by atoms with Crippen LogP contribution >= 0.6 is 0 Å². The van der Waals surface area contributed by atoms with Gasteiger partial charge in [0, 0.05) is 12.6 Å². The van der Waals surface area contributed by atoms with Crippen LogP contribution in [0.25, 0.3) is 0 Å². The molecule has 0 aromatic carbocycles. The van der Waals surface area contributed by atoms with E-state index >= 15 is 0 Å². The molecule has 0 aromatic rings. The molecule has 0 bridgehead atoms. The molecule has 3 fully saturated rings. The van der Waals surface area contributed by atoms with E-state index in [1.807, 2.05) is 0 Å². The van der Waals surface area contributed by atoms with E-state index in [1.165, 1.54) is 51.6 Å². The molecular formula is C12H21NO. The van der Waals surface area contributed by atoms with Crippen molar-refractivity contribution in [2.24, 2.45) is 5.41 Å². The minimum Gasteiger partial charge on any atom is -0.391 e. The molecule has 1 aliphatic heterocycles. The van der Waals surface area contributed by atoms with E-state index in [4.69, 9.17) is 0 Å². The predicted molar refractivity (Wildman–Crippen MR) is 56.1 cm³/mol. The molecule has 80 valence electrons. The zero-order valence-corrected chi connectivity index (χ0v) is 8.91. The second-order valence-electron chi connectivity index (χ2n) is 5.64. The van der Waals surface area contributed by atoms with Crippen molar-refractivity contribution in [2.75, 3.05) is 13.1 Å². The Balaban J connectivity index is 1.64. The first-order valence-electron chi connectivity index (χ1n) is 6.21. The number of rotatable bonds is 1. The highest BCUT2D eigenvalue weighted by Gasteiger charge is 2.49. The lowest BCUT2D eigenvalue weighted by molar-refractivity contribution is 0.0289. The SMILES string of the molecule is O[C@@H]1CCCC[C@H]1N1CCC2(CC2)C1. The molecule has 3 aliphatic rings. The summed E-state index contributed by atoms with van der Waals surface area (Å²) < 4.78 is 0. The van der Waals surface area contributed by atoms with Crippen LogP contribution in [-0.2, 0) is 0 Å². The first kappa shape index (κ1) is 9.17. The Labute approximate surface area is 86.3 Å². The zero-order chi connectivity index (χ0) is 9.60. The minimum atomic E-state index is -0.0300. The molecule has 0 amide bonds. The Morgan fingerprint density at radius 3 is 2.50 bits per heavy atom. The van der Waals surface area contributed by atoms with Gasteiger partial charge in [0.15, 0.2) is 0 Å². The van der Waals surface area contributed by atoms with Gasteiger partial charge in [0.05, 0.1) is 6.10 Å². The summed E-state index contributed by atoms with van der Waals surface area (Å²) in [4.78, 5) is 2.58. The maximum absolute atomic E-state index is 9.98. The van der Waals surface area contributed by atoms with Gasteiger partial charge in [-0.05, 0) is 44.1 Å². The molecular weight excluding hydrogens is 174 g/mol. The summed E-state index contributed by atoms with van der Waals surface area (Å²) >= 11 is 0. The van der Waals surface area contributed by atoms with E-state index in [-0.39, 0.29) is 6.10 Å². The van der Waals surface area contributed by atoms with Crippen LogP contribution < -0.4 is 0 Å². The van der Waals surface area contributed by atoms with Gasteiger partial charge in [-0.1, -0.05) is 12.8 Å². The maximum Gasteiger partial charge on any atom is 0.0695 e. The van der Waals surface area contributed by atoms with Gasteiger partial charge in [-0.15, -0.1) is 0 Å². The lowest BCUT2D eigenvalue weighted by Gasteiger charge is -2.35. The van der Waals surface area contributed by atoms with E-state index in [2.05, 4.69) is 4.90 Å². The molecule has 1 N–H and O–H groups in total. The van der Waals surface area contributed by atoms with Crippen LogP contribution in [-0.4, -0.2) is 35.2 Å². The maximum atomic E-state index is 9.98. The molecule has 2 nitrogen and oxygen atoms in total. The summed E-state index contributed by atoms with van der Waals surface area (Å²) in [5, 5.41) is 9.98. The van der Waals surface area contributed by atoms with Gasteiger partial charge in [-0.3, -0.25) is 4.90 Å². The van der Waals surface area contributed by atoms with Crippen LogP contribution in [0.4, 0.5) is 0 Å².